The molecule has 2 amide bonds. The molecule has 2 aromatic rings. The maximum absolute atomic E-state index is 12.9. The van der Waals surface area contributed by atoms with Crippen LogP contribution in [0.1, 0.15) is 22.3 Å². The maximum atomic E-state index is 12.9. The molecular weight excluding hydrogens is 368 g/mol. The molecule has 3 rings (SSSR count). The van der Waals surface area contributed by atoms with E-state index in [0.29, 0.717) is 43.2 Å². The molecule has 0 saturated carbocycles. The Morgan fingerprint density at radius 3 is 2.28 bits per heavy atom. The Morgan fingerprint density at radius 1 is 0.862 bits per heavy atom. The summed E-state index contributed by atoms with van der Waals surface area (Å²) in [4.78, 5) is 29.0. The highest BCUT2D eigenvalue weighted by molar-refractivity contribution is 5.95. The average Bonchev–Trinajstić information content (AvgIpc) is 3.03. The normalized spacial score (nSPS) is 14.6. The lowest BCUT2D eigenvalue weighted by Crippen LogP contribution is -2.36. The number of amides is 2. The van der Waals surface area contributed by atoms with E-state index in [4.69, 9.17) is 9.47 Å². The lowest BCUT2D eigenvalue weighted by molar-refractivity contribution is -0.125. The van der Waals surface area contributed by atoms with Gasteiger partial charge in [-0.15, -0.1) is 0 Å². The summed E-state index contributed by atoms with van der Waals surface area (Å²) in [6.07, 6.45) is 4.16. The third-order valence-corrected chi connectivity index (χ3v) is 4.94. The van der Waals surface area contributed by atoms with Gasteiger partial charge in [-0.2, -0.15) is 0 Å². The van der Waals surface area contributed by atoms with Gasteiger partial charge in [-0.25, -0.2) is 0 Å². The van der Waals surface area contributed by atoms with Crippen molar-refractivity contribution in [2.45, 2.75) is 6.42 Å². The summed E-state index contributed by atoms with van der Waals surface area (Å²) in [6.45, 7) is 2.25. The highest BCUT2D eigenvalue weighted by Crippen LogP contribution is 2.28. The van der Waals surface area contributed by atoms with Gasteiger partial charge in [0.15, 0.2) is 11.5 Å². The highest BCUT2D eigenvalue weighted by Gasteiger charge is 2.22. The second kappa shape index (κ2) is 9.78. The van der Waals surface area contributed by atoms with Crippen molar-refractivity contribution in [3.05, 3.63) is 65.7 Å². The number of carbonyl (C=O) groups excluding carboxylic acids is 2. The predicted octanol–water partition coefficient (Wildman–Crippen LogP) is 3.09. The first-order chi connectivity index (χ1) is 14.1. The van der Waals surface area contributed by atoms with E-state index in [9.17, 15) is 9.59 Å². The third kappa shape index (κ3) is 5.16. The molecule has 152 valence electrons. The Labute approximate surface area is 171 Å². The highest BCUT2D eigenvalue weighted by atomic mass is 16.5. The van der Waals surface area contributed by atoms with Gasteiger partial charge >= 0.3 is 0 Å². The lowest BCUT2D eigenvalue weighted by Gasteiger charge is -2.22. The van der Waals surface area contributed by atoms with E-state index in [1.165, 1.54) is 0 Å². The van der Waals surface area contributed by atoms with Gasteiger partial charge in [-0.1, -0.05) is 30.3 Å². The Bertz CT molecular complexity index is 880. The quantitative estimate of drug-likeness (QED) is 0.732. The van der Waals surface area contributed by atoms with Crippen LogP contribution in [-0.4, -0.2) is 62.0 Å². The minimum Gasteiger partial charge on any atom is -0.493 e. The first-order valence-electron chi connectivity index (χ1n) is 9.65. The van der Waals surface area contributed by atoms with Crippen LogP contribution in [0.15, 0.2) is 54.6 Å². The fourth-order valence-electron chi connectivity index (χ4n) is 3.33. The molecule has 0 N–H and O–H groups in total. The Hall–Kier alpha value is -3.28. The van der Waals surface area contributed by atoms with Crippen LogP contribution in [-0.2, 0) is 4.79 Å². The number of rotatable bonds is 5. The Morgan fingerprint density at radius 2 is 1.55 bits per heavy atom. The van der Waals surface area contributed by atoms with Gasteiger partial charge in [0.25, 0.3) is 5.91 Å². The molecule has 6 heteroatoms. The molecule has 1 fully saturated rings. The molecule has 2 aromatic carbocycles. The zero-order chi connectivity index (χ0) is 20.6. The van der Waals surface area contributed by atoms with E-state index in [2.05, 4.69) is 0 Å². The first-order valence-corrected chi connectivity index (χ1v) is 9.65. The van der Waals surface area contributed by atoms with Crippen molar-refractivity contribution < 1.29 is 19.1 Å². The molecule has 1 saturated heterocycles. The number of methoxy groups -OCH3 is 2. The molecule has 0 atom stereocenters. The van der Waals surface area contributed by atoms with Crippen LogP contribution in [0.4, 0.5) is 0 Å². The lowest BCUT2D eigenvalue weighted by atomic mass is 10.1. The Balaban J connectivity index is 1.62. The summed E-state index contributed by atoms with van der Waals surface area (Å²) in [5, 5.41) is 0. The summed E-state index contributed by atoms with van der Waals surface area (Å²) in [7, 11) is 3.11. The van der Waals surface area contributed by atoms with E-state index in [-0.39, 0.29) is 11.8 Å². The molecule has 6 nitrogen and oxygen atoms in total. The second-order valence-corrected chi connectivity index (χ2v) is 6.78. The maximum Gasteiger partial charge on any atom is 0.254 e. The van der Waals surface area contributed by atoms with E-state index >= 15 is 0 Å². The van der Waals surface area contributed by atoms with Crippen LogP contribution in [0.5, 0.6) is 11.5 Å². The third-order valence-electron chi connectivity index (χ3n) is 4.94. The molecule has 1 heterocycles. The second-order valence-electron chi connectivity index (χ2n) is 6.78. The van der Waals surface area contributed by atoms with Crippen LogP contribution in [0.3, 0.4) is 0 Å². The number of ether oxygens (including phenoxy) is 2. The largest absolute Gasteiger partial charge is 0.493 e. The van der Waals surface area contributed by atoms with Crippen LogP contribution in [0.25, 0.3) is 6.08 Å². The summed E-state index contributed by atoms with van der Waals surface area (Å²) in [5.41, 5.74) is 1.53. The monoisotopic (exact) mass is 394 g/mol. The minimum atomic E-state index is -0.0694. The van der Waals surface area contributed by atoms with Crippen LogP contribution in [0, 0.1) is 0 Å². The number of carbonyl (C=O) groups is 2. The van der Waals surface area contributed by atoms with Gasteiger partial charge in [-0.3, -0.25) is 9.59 Å². The topological polar surface area (TPSA) is 59.1 Å². The standard InChI is InChI=1S/C23H26N2O4/c1-28-20-11-10-19(17-21(20)29-2)23(27)25-14-6-13-24(15-16-25)22(26)12-9-18-7-4-3-5-8-18/h3-5,7-12,17H,6,13-16H2,1-2H3/b12-9+. The molecule has 0 unspecified atom stereocenters. The average molecular weight is 394 g/mol. The van der Waals surface area contributed by atoms with E-state index in [1.54, 1.807) is 48.3 Å². The molecule has 29 heavy (non-hydrogen) atoms. The van der Waals surface area contributed by atoms with E-state index in [1.807, 2.05) is 36.4 Å². The molecule has 0 aromatic heterocycles. The molecule has 1 aliphatic heterocycles. The van der Waals surface area contributed by atoms with E-state index < -0.39 is 0 Å². The summed E-state index contributed by atoms with van der Waals surface area (Å²) in [6, 6.07) is 14.9. The zero-order valence-corrected chi connectivity index (χ0v) is 16.8. The molecule has 0 radical (unpaired) electrons. The summed E-state index contributed by atoms with van der Waals surface area (Å²) in [5.74, 6) is 1.01. The van der Waals surface area contributed by atoms with Gasteiger partial charge in [-0.05, 0) is 36.3 Å². The molecule has 1 aliphatic rings. The fourth-order valence-corrected chi connectivity index (χ4v) is 3.33. The van der Waals surface area contributed by atoms with Gasteiger partial charge in [0, 0.05) is 37.8 Å². The van der Waals surface area contributed by atoms with Gasteiger partial charge in [0.05, 0.1) is 14.2 Å². The minimum absolute atomic E-state index is 0.0331. The SMILES string of the molecule is COc1ccc(C(=O)N2CCCN(C(=O)/C=C/c3ccccc3)CC2)cc1OC. The van der Waals surface area contributed by atoms with Crippen molar-refractivity contribution >= 4 is 17.9 Å². The first kappa shape index (κ1) is 20.5. The van der Waals surface area contributed by atoms with Crippen molar-refractivity contribution in [2.75, 3.05) is 40.4 Å². The summed E-state index contributed by atoms with van der Waals surface area (Å²) >= 11 is 0. The van der Waals surface area contributed by atoms with E-state index in [0.717, 1.165) is 12.0 Å². The van der Waals surface area contributed by atoms with Crippen LogP contribution in [0.2, 0.25) is 0 Å². The molecule has 0 aliphatic carbocycles. The summed E-state index contributed by atoms with van der Waals surface area (Å²) < 4.78 is 10.5. The van der Waals surface area contributed by atoms with Crippen molar-refractivity contribution in [3.8, 4) is 11.5 Å². The van der Waals surface area contributed by atoms with Gasteiger partial charge in [0.2, 0.25) is 5.91 Å². The smallest absolute Gasteiger partial charge is 0.254 e. The number of benzene rings is 2. The van der Waals surface area contributed by atoms with Crippen molar-refractivity contribution in [1.29, 1.82) is 0 Å². The van der Waals surface area contributed by atoms with Crippen molar-refractivity contribution in [3.63, 3.8) is 0 Å². The molecule has 0 spiro atoms. The van der Waals surface area contributed by atoms with Crippen LogP contribution < -0.4 is 9.47 Å². The number of hydrogen-bond donors (Lipinski definition) is 0. The molecule has 0 bridgehead atoms. The van der Waals surface area contributed by atoms with Crippen molar-refractivity contribution in [1.82, 2.24) is 9.80 Å². The Kier molecular flexibility index (Phi) is 6.89. The van der Waals surface area contributed by atoms with Gasteiger partial charge < -0.3 is 19.3 Å². The number of nitrogens with zero attached hydrogens (tertiary/aromatic N) is 2. The van der Waals surface area contributed by atoms with Crippen molar-refractivity contribution in [2.24, 2.45) is 0 Å². The molecular formula is C23H26N2O4. The fraction of sp³-hybridized carbons (Fsp3) is 0.304. The van der Waals surface area contributed by atoms with Gasteiger partial charge in [0.1, 0.15) is 0 Å². The predicted molar refractivity (Wildman–Crippen MR) is 112 cm³/mol. The van der Waals surface area contributed by atoms with Crippen LogP contribution >= 0.6 is 0 Å². The zero-order valence-electron chi connectivity index (χ0n) is 16.8. The number of hydrogen-bond acceptors (Lipinski definition) is 4.